The van der Waals surface area contributed by atoms with Crippen molar-refractivity contribution >= 4 is 28.4 Å². The first kappa shape index (κ1) is 18.2. The van der Waals surface area contributed by atoms with E-state index in [0.717, 1.165) is 34.9 Å². The fraction of sp³-hybridized carbons (Fsp3) is 0.174. The highest BCUT2D eigenvalue weighted by Gasteiger charge is 2.21. The van der Waals surface area contributed by atoms with Gasteiger partial charge in [-0.25, -0.2) is 4.98 Å². The zero-order valence-corrected chi connectivity index (χ0v) is 16.2. The topological polar surface area (TPSA) is 89.3 Å². The van der Waals surface area contributed by atoms with E-state index in [2.05, 4.69) is 20.6 Å². The summed E-state index contributed by atoms with van der Waals surface area (Å²) in [6.45, 7) is 1.22. The second-order valence-electron chi connectivity index (χ2n) is 7.10. The molecule has 1 aliphatic heterocycles. The Hall–Kier alpha value is -3.87. The van der Waals surface area contributed by atoms with Crippen LogP contribution >= 0.6 is 0 Å². The van der Waals surface area contributed by atoms with Gasteiger partial charge in [-0.3, -0.25) is 10.1 Å². The van der Waals surface area contributed by atoms with Crippen molar-refractivity contribution < 1.29 is 13.9 Å². The van der Waals surface area contributed by atoms with Crippen molar-refractivity contribution in [3.63, 3.8) is 0 Å². The minimum Gasteiger partial charge on any atom is -0.488 e. The van der Waals surface area contributed by atoms with Gasteiger partial charge in [0.25, 0.3) is 5.91 Å². The molecule has 1 aliphatic rings. The van der Waals surface area contributed by atoms with Gasteiger partial charge >= 0.3 is 0 Å². The van der Waals surface area contributed by atoms with E-state index in [9.17, 15) is 4.79 Å². The number of hydrogen-bond donors (Lipinski definition) is 2. The Morgan fingerprint density at radius 1 is 1.03 bits per heavy atom. The molecule has 0 aliphatic carbocycles. The summed E-state index contributed by atoms with van der Waals surface area (Å²) in [7, 11) is 0. The monoisotopic (exact) mass is 400 g/mol. The van der Waals surface area contributed by atoms with Crippen molar-refractivity contribution in [2.45, 2.75) is 19.4 Å². The smallest absolute Gasteiger partial charge is 0.258 e. The van der Waals surface area contributed by atoms with Crippen LogP contribution in [0, 0.1) is 0 Å². The van der Waals surface area contributed by atoms with E-state index < -0.39 is 0 Å². The second kappa shape index (κ2) is 7.87. The van der Waals surface area contributed by atoms with Crippen LogP contribution in [0.3, 0.4) is 0 Å². The summed E-state index contributed by atoms with van der Waals surface area (Å²) >= 11 is 0. The average molecular weight is 400 g/mol. The Morgan fingerprint density at radius 3 is 2.83 bits per heavy atom. The lowest BCUT2D eigenvalue weighted by Crippen LogP contribution is -2.19. The van der Waals surface area contributed by atoms with Gasteiger partial charge in [0.15, 0.2) is 11.6 Å². The molecule has 150 valence electrons. The third kappa shape index (κ3) is 3.57. The van der Waals surface area contributed by atoms with E-state index in [1.165, 1.54) is 0 Å². The molecule has 3 heterocycles. The van der Waals surface area contributed by atoms with E-state index in [0.29, 0.717) is 30.3 Å². The molecule has 4 aromatic rings. The van der Waals surface area contributed by atoms with Crippen LogP contribution in [0.1, 0.15) is 28.0 Å². The molecule has 7 heteroatoms. The Kier molecular flexibility index (Phi) is 4.77. The number of anilines is 2. The molecule has 1 amide bonds. The number of ether oxygens (including phenoxy) is 1. The summed E-state index contributed by atoms with van der Waals surface area (Å²) in [5.74, 6) is 1.21. The van der Waals surface area contributed by atoms with Crippen LogP contribution in [0.4, 0.5) is 11.8 Å². The highest BCUT2D eigenvalue weighted by molar-refractivity contribution is 6.12. The molecule has 2 aromatic heterocycles. The number of benzene rings is 2. The molecule has 0 bridgehead atoms. The maximum Gasteiger partial charge on any atom is 0.258 e. The minimum absolute atomic E-state index is 0.250. The highest BCUT2D eigenvalue weighted by atomic mass is 16.5. The van der Waals surface area contributed by atoms with Gasteiger partial charge in [-0.05, 0) is 24.5 Å². The minimum atomic E-state index is -0.285. The van der Waals surface area contributed by atoms with Gasteiger partial charge in [-0.15, -0.1) is 0 Å². The number of rotatable bonds is 5. The van der Waals surface area contributed by atoms with Crippen LogP contribution in [-0.4, -0.2) is 22.5 Å². The summed E-state index contributed by atoms with van der Waals surface area (Å²) in [6, 6.07) is 15.5. The molecular weight excluding hydrogens is 380 g/mol. The van der Waals surface area contributed by atoms with E-state index >= 15 is 0 Å². The zero-order valence-electron chi connectivity index (χ0n) is 16.2. The predicted molar refractivity (Wildman–Crippen MR) is 114 cm³/mol. The Morgan fingerprint density at radius 2 is 1.93 bits per heavy atom. The SMILES string of the molecule is O=C(Nc1nc2c(c(NCc3ccccc3)n1)OCCC2)c1cccc2cocc12. The molecule has 2 N–H and O–H groups in total. The van der Waals surface area contributed by atoms with Crippen molar-refractivity contribution in [2.75, 3.05) is 17.2 Å². The lowest BCUT2D eigenvalue weighted by Gasteiger charge is -2.20. The average Bonchev–Trinajstić information content (AvgIpc) is 3.27. The van der Waals surface area contributed by atoms with Crippen molar-refractivity contribution in [1.82, 2.24) is 9.97 Å². The van der Waals surface area contributed by atoms with Crippen LogP contribution in [0.25, 0.3) is 10.8 Å². The Labute approximate surface area is 173 Å². The van der Waals surface area contributed by atoms with Crippen LogP contribution in [0.5, 0.6) is 5.75 Å². The molecule has 0 fully saturated rings. The van der Waals surface area contributed by atoms with Gasteiger partial charge in [0, 0.05) is 17.3 Å². The summed E-state index contributed by atoms with van der Waals surface area (Å²) < 4.78 is 11.1. The number of furan rings is 1. The Bertz CT molecular complexity index is 1200. The third-order valence-electron chi connectivity index (χ3n) is 5.03. The first-order chi connectivity index (χ1) is 14.8. The largest absolute Gasteiger partial charge is 0.488 e. The number of nitrogens with one attached hydrogen (secondary N) is 2. The van der Waals surface area contributed by atoms with Gasteiger partial charge < -0.3 is 14.5 Å². The summed E-state index contributed by atoms with van der Waals surface area (Å²) in [5.41, 5.74) is 2.43. The van der Waals surface area contributed by atoms with Crippen LogP contribution in [0.2, 0.25) is 0 Å². The van der Waals surface area contributed by atoms with Gasteiger partial charge in [-0.2, -0.15) is 4.98 Å². The third-order valence-corrected chi connectivity index (χ3v) is 5.03. The second-order valence-corrected chi connectivity index (χ2v) is 7.10. The number of aromatic nitrogens is 2. The summed E-state index contributed by atoms with van der Waals surface area (Å²) in [6.07, 6.45) is 4.84. The fourth-order valence-corrected chi connectivity index (χ4v) is 3.55. The maximum absolute atomic E-state index is 12.9. The molecule has 5 rings (SSSR count). The van der Waals surface area contributed by atoms with Gasteiger partial charge in [-0.1, -0.05) is 42.5 Å². The molecule has 7 nitrogen and oxygen atoms in total. The molecule has 0 spiro atoms. The quantitative estimate of drug-likeness (QED) is 0.516. The number of nitrogens with zero attached hydrogens (tertiary/aromatic N) is 2. The van der Waals surface area contributed by atoms with Crippen LogP contribution < -0.4 is 15.4 Å². The molecule has 0 atom stereocenters. The standard InChI is InChI=1S/C23H20N4O3/c28-22(17-9-4-8-16-13-29-14-18(16)17)27-23-25-19-10-5-11-30-20(19)21(26-23)24-12-15-6-2-1-3-7-15/h1-4,6-9,13-14H,5,10-12H2,(H2,24,25,26,27,28). The summed E-state index contributed by atoms with van der Waals surface area (Å²) in [4.78, 5) is 22.0. The van der Waals surface area contributed by atoms with Crippen LogP contribution in [0.15, 0.2) is 65.5 Å². The number of aryl methyl sites for hydroxylation is 1. The van der Waals surface area contributed by atoms with Crippen molar-refractivity contribution in [3.05, 3.63) is 77.9 Å². The lowest BCUT2D eigenvalue weighted by molar-refractivity contribution is 0.102. The van der Waals surface area contributed by atoms with Crippen molar-refractivity contribution in [2.24, 2.45) is 0 Å². The Balaban J connectivity index is 1.43. The molecule has 0 unspecified atom stereocenters. The van der Waals surface area contributed by atoms with E-state index in [-0.39, 0.29) is 11.9 Å². The number of fused-ring (bicyclic) bond motifs is 2. The number of amides is 1. The molecule has 0 saturated heterocycles. The van der Waals surface area contributed by atoms with E-state index in [1.807, 2.05) is 42.5 Å². The predicted octanol–water partition coefficient (Wildman–Crippen LogP) is 4.41. The summed E-state index contributed by atoms with van der Waals surface area (Å²) in [5, 5.41) is 7.77. The number of carbonyl (C=O) groups is 1. The normalized spacial score (nSPS) is 12.8. The van der Waals surface area contributed by atoms with Crippen molar-refractivity contribution in [1.29, 1.82) is 0 Å². The van der Waals surface area contributed by atoms with E-state index in [1.54, 1.807) is 18.6 Å². The molecule has 0 saturated carbocycles. The van der Waals surface area contributed by atoms with Crippen molar-refractivity contribution in [3.8, 4) is 5.75 Å². The van der Waals surface area contributed by atoms with E-state index in [4.69, 9.17) is 9.15 Å². The van der Waals surface area contributed by atoms with Gasteiger partial charge in [0.05, 0.1) is 30.4 Å². The first-order valence-corrected chi connectivity index (χ1v) is 9.86. The van der Waals surface area contributed by atoms with Gasteiger partial charge in [0.2, 0.25) is 5.95 Å². The zero-order chi connectivity index (χ0) is 20.3. The number of hydrogen-bond acceptors (Lipinski definition) is 6. The van der Waals surface area contributed by atoms with Gasteiger partial charge in [0.1, 0.15) is 0 Å². The molecule has 30 heavy (non-hydrogen) atoms. The molecular formula is C23H20N4O3. The maximum atomic E-state index is 12.9. The first-order valence-electron chi connectivity index (χ1n) is 9.86. The lowest BCUT2D eigenvalue weighted by atomic mass is 10.1. The number of carbonyl (C=O) groups excluding carboxylic acids is 1. The fourth-order valence-electron chi connectivity index (χ4n) is 3.55. The molecule has 2 aromatic carbocycles. The highest BCUT2D eigenvalue weighted by Crippen LogP contribution is 2.32. The van der Waals surface area contributed by atoms with Crippen LogP contribution in [-0.2, 0) is 13.0 Å². The molecule has 0 radical (unpaired) electrons.